The van der Waals surface area contributed by atoms with Crippen LogP contribution in [-0.4, -0.2) is 36.5 Å². The summed E-state index contributed by atoms with van der Waals surface area (Å²) in [5.74, 6) is -1.58. The highest BCUT2D eigenvalue weighted by Gasteiger charge is 2.58. The van der Waals surface area contributed by atoms with Gasteiger partial charge in [0.15, 0.2) is 5.78 Å². The zero-order valence-corrected chi connectivity index (χ0v) is 16.8. The maximum atomic E-state index is 13.3. The summed E-state index contributed by atoms with van der Waals surface area (Å²) in [6.45, 7) is 3.09. The maximum Gasteiger partial charge on any atom is 0.259 e. The lowest BCUT2D eigenvalue weighted by atomic mass is 9.95. The van der Waals surface area contributed by atoms with Crippen LogP contribution in [0.3, 0.4) is 0 Å². The molecule has 2 aliphatic heterocycles. The second kappa shape index (κ2) is 7.00. The molecule has 7 nitrogen and oxygen atoms in total. The van der Waals surface area contributed by atoms with Crippen LogP contribution in [0.1, 0.15) is 12.5 Å². The molecule has 0 spiro atoms. The van der Waals surface area contributed by atoms with Gasteiger partial charge in [0, 0.05) is 11.9 Å². The molecule has 0 aliphatic carbocycles. The predicted molar refractivity (Wildman–Crippen MR) is 110 cm³/mol. The van der Waals surface area contributed by atoms with Crippen LogP contribution in [-0.2, 0) is 14.4 Å². The Morgan fingerprint density at radius 3 is 2.41 bits per heavy atom. The van der Waals surface area contributed by atoms with Crippen LogP contribution in [0.2, 0.25) is 5.02 Å². The second-order valence-corrected chi connectivity index (χ2v) is 7.31. The summed E-state index contributed by atoms with van der Waals surface area (Å²) in [5, 5.41) is 6.23. The van der Waals surface area contributed by atoms with Gasteiger partial charge in [0.05, 0.1) is 18.5 Å². The van der Waals surface area contributed by atoms with Gasteiger partial charge in [0.25, 0.3) is 5.91 Å². The van der Waals surface area contributed by atoms with Gasteiger partial charge >= 0.3 is 0 Å². The lowest BCUT2D eigenvalue weighted by Crippen LogP contribution is -2.39. The SMILES string of the molecule is COc1ccc(N2N=C(C(C)=O)[C@H]3C(=O)N(c4cccc(Cl)c4C)C(=O)[C@H]32)cc1. The lowest BCUT2D eigenvalue weighted by Gasteiger charge is -2.23. The summed E-state index contributed by atoms with van der Waals surface area (Å²) in [6, 6.07) is 11.0. The number of ether oxygens (including phenoxy) is 1. The first-order valence-corrected chi connectivity index (χ1v) is 9.38. The highest BCUT2D eigenvalue weighted by atomic mass is 35.5. The molecule has 1 saturated heterocycles. The highest BCUT2D eigenvalue weighted by Crippen LogP contribution is 2.40. The molecule has 8 heteroatoms. The number of hydrogen-bond acceptors (Lipinski definition) is 6. The van der Waals surface area contributed by atoms with Crippen molar-refractivity contribution in [1.82, 2.24) is 0 Å². The number of fused-ring (bicyclic) bond motifs is 1. The van der Waals surface area contributed by atoms with E-state index in [1.807, 2.05) is 0 Å². The van der Waals surface area contributed by atoms with E-state index in [-0.39, 0.29) is 11.5 Å². The Labute approximate surface area is 172 Å². The van der Waals surface area contributed by atoms with E-state index in [2.05, 4.69) is 5.10 Å². The van der Waals surface area contributed by atoms with Gasteiger partial charge in [-0.15, -0.1) is 0 Å². The third kappa shape index (κ3) is 2.89. The molecule has 0 aromatic heterocycles. The molecule has 0 unspecified atom stereocenters. The zero-order valence-electron chi connectivity index (χ0n) is 16.0. The number of benzene rings is 2. The molecule has 2 amide bonds. The fourth-order valence-electron chi connectivity index (χ4n) is 3.73. The van der Waals surface area contributed by atoms with Gasteiger partial charge in [0.1, 0.15) is 23.4 Å². The number of methoxy groups -OCH3 is 1. The molecular formula is C21H18ClN3O4. The molecule has 0 bridgehead atoms. The van der Waals surface area contributed by atoms with Crippen LogP contribution in [0, 0.1) is 12.8 Å². The number of ketones is 1. The van der Waals surface area contributed by atoms with Crippen molar-refractivity contribution in [3.05, 3.63) is 53.1 Å². The number of carbonyl (C=O) groups is 3. The third-order valence-corrected chi connectivity index (χ3v) is 5.64. The van der Waals surface area contributed by atoms with Crippen molar-refractivity contribution in [1.29, 1.82) is 0 Å². The summed E-state index contributed by atoms with van der Waals surface area (Å²) in [5.41, 5.74) is 1.70. The molecule has 1 fully saturated rings. The minimum Gasteiger partial charge on any atom is -0.497 e. The van der Waals surface area contributed by atoms with Crippen molar-refractivity contribution in [3.8, 4) is 5.75 Å². The molecule has 0 N–H and O–H groups in total. The normalized spacial score (nSPS) is 20.8. The van der Waals surface area contributed by atoms with E-state index in [0.29, 0.717) is 27.7 Å². The van der Waals surface area contributed by atoms with Crippen LogP contribution in [0.25, 0.3) is 0 Å². The first-order valence-electron chi connectivity index (χ1n) is 9.00. The van der Waals surface area contributed by atoms with Gasteiger partial charge in [-0.2, -0.15) is 5.10 Å². The van der Waals surface area contributed by atoms with E-state index in [0.717, 1.165) is 4.90 Å². The van der Waals surface area contributed by atoms with Crippen LogP contribution < -0.4 is 14.6 Å². The number of rotatable bonds is 4. The Hall–Kier alpha value is -3.19. The number of anilines is 2. The van der Waals surface area contributed by atoms with Crippen molar-refractivity contribution in [2.24, 2.45) is 11.0 Å². The highest BCUT2D eigenvalue weighted by molar-refractivity contribution is 6.49. The smallest absolute Gasteiger partial charge is 0.259 e. The summed E-state index contributed by atoms with van der Waals surface area (Å²) in [7, 11) is 1.55. The largest absolute Gasteiger partial charge is 0.497 e. The second-order valence-electron chi connectivity index (χ2n) is 6.90. The Morgan fingerprint density at radius 1 is 1.10 bits per heavy atom. The fourth-order valence-corrected chi connectivity index (χ4v) is 3.90. The Kier molecular flexibility index (Phi) is 4.62. The molecule has 2 aliphatic rings. The number of carbonyl (C=O) groups excluding carboxylic acids is 3. The van der Waals surface area contributed by atoms with Gasteiger partial charge < -0.3 is 4.74 Å². The first-order chi connectivity index (χ1) is 13.8. The van der Waals surface area contributed by atoms with Crippen molar-refractivity contribution in [2.45, 2.75) is 19.9 Å². The minimum absolute atomic E-state index is 0.0753. The van der Waals surface area contributed by atoms with Gasteiger partial charge in [-0.05, 0) is 48.9 Å². The molecular weight excluding hydrogens is 394 g/mol. The number of hydrogen-bond donors (Lipinski definition) is 0. The average molecular weight is 412 g/mol. The average Bonchev–Trinajstić information content (AvgIpc) is 3.22. The number of hydrazone groups is 1. The molecule has 2 atom stereocenters. The molecule has 29 heavy (non-hydrogen) atoms. The van der Waals surface area contributed by atoms with Crippen LogP contribution in [0.15, 0.2) is 47.6 Å². The number of imide groups is 1. The Morgan fingerprint density at radius 2 is 1.79 bits per heavy atom. The van der Waals surface area contributed by atoms with Gasteiger partial charge in [-0.25, -0.2) is 4.90 Å². The van der Waals surface area contributed by atoms with Gasteiger partial charge in [-0.3, -0.25) is 19.4 Å². The van der Waals surface area contributed by atoms with E-state index in [4.69, 9.17) is 16.3 Å². The van der Waals surface area contributed by atoms with E-state index in [1.54, 1.807) is 56.5 Å². The third-order valence-electron chi connectivity index (χ3n) is 5.23. The number of halogens is 1. The Bertz CT molecular complexity index is 1060. The topological polar surface area (TPSA) is 79.3 Å². The molecule has 0 saturated carbocycles. The van der Waals surface area contributed by atoms with Crippen LogP contribution in [0.5, 0.6) is 5.75 Å². The number of amides is 2. The zero-order chi connectivity index (χ0) is 20.9. The molecule has 2 heterocycles. The quantitative estimate of drug-likeness (QED) is 0.722. The van der Waals surface area contributed by atoms with Crippen molar-refractivity contribution in [2.75, 3.05) is 17.0 Å². The van der Waals surface area contributed by atoms with Crippen LogP contribution >= 0.6 is 11.6 Å². The van der Waals surface area contributed by atoms with Gasteiger partial charge in [0.2, 0.25) is 5.91 Å². The summed E-state index contributed by atoms with van der Waals surface area (Å²) in [4.78, 5) is 39.9. The van der Waals surface area contributed by atoms with Crippen LogP contribution in [0.4, 0.5) is 11.4 Å². The minimum atomic E-state index is -0.958. The summed E-state index contributed by atoms with van der Waals surface area (Å²) >= 11 is 6.19. The van der Waals surface area contributed by atoms with E-state index < -0.39 is 23.8 Å². The molecule has 148 valence electrons. The van der Waals surface area contributed by atoms with Gasteiger partial charge in [-0.1, -0.05) is 17.7 Å². The predicted octanol–water partition coefficient (Wildman–Crippen LogP) is 2.98. The lowest BCUT2D eigenvalue weighted by molar-refractivity contribution is -0.122. The first kappa shape index (κ1) is 19.1. The number of Topliss-reactive ketones (excluding diaryl/α,β-unsaturated/α-hetero) is 1. The number of nitrogens with zero attached hydrogens (tertiary/aromatic N) is 3. The maximum absolute atomic E-state index is 13.3. The summed E-state index contributed by atoms with van der Waals surface area (Å²) < 4.78 is 5.17. The monoisotopic (exact) mass is 411 g/mol. The molecule has 2 aromatic carbocycles. The summed E-state index contributed by atoms with van der Waals surface area (Å²) in [6.07, 6.45) is 0. The fraction of sp³-hybridized carbons (Fsp3) is 0.238. The van der Waals surface area contributed by atoms with E-state index in [9.17, 15) is 14.4 Å². The van der Waals surface area contributed by atoms with E-state index in [1.165, 1.54) is 11.9 Å². The van der Waals surface area contributed by atoms with Crippen molar-refractivity contribution in [3.63, 3.8) is 0 Å². The van der Waals surface area contributed by atoms with Crippen molar-refractivity contribution < 1.29 is 19.1 Å². The molecule has 2 aromatic rings. The molecule has 4 rings (SSSR count). The van der Waals surface area contributed by atoms with E-state index >= 15 is 0 Å². The molecule has 0 radical (unpaired) electrons. The Balaban J connectivity index is 1.80. The standard InChI is InChI=1S/C21H18ClN3O4/c1-11-15(22)5-4-6-16(11)24-20(27)17-18(12(2)26)23-25(19(17)21(24)28)13-7-9-14(29-3)10-8-13/h4-10,17,19H,1-3H3/t17-,19+/m1/s1. The van der Waals surface area contributed by atoms with Crippen molar-refractivity contribution >= 4 is 46.3 Å².